The molecule has 0 spiro atoms. The molecular weight excluding hydrogens is 258 g/mol. The van der Waals surface area contributed by atoms with Crippen molar-refractivity contribution in [2.45, 2.75) is 52.0 Å². The molecule has 2 nitrogen and oxygen atoms in total. The predicted molar refractivity (Wildman–Crippen MR) is 80.1 cm³/mol. The first-order valence-electron chi connectivity index (χ1n) is 7.40. The van der Waals surface area contributed by atoms with E-state index in [1.165, 1.54) is 25.7 Å². The lowest BCUT2D eigenvalue weighted by Crippen LogP contribution is -2.89. The number of nitrogens with two attached hydrogens (primary N) is 1. The standard InChI is InChI=1S/C16H24ClNO/c1-12-8-9-13(2)16(15(12)17)19-11-5-10-18-14-6-3-4-7-14/h8-9,14,18H,3-7,10-11H2,1-2H3/p+1. The largest absolute Gasteiger partial charge is 0.492 e. The van der Waals surface area contributed by atoms with E-state index >= 15 is 0 Å². The third-order valence-corrected chi connectivity index (χ3v) is 4.45. The minimum absolute atomic E-state index is 0.757. The van der Waals surface area contributed by atoms with Crippen LogP contribution in [-0.2, 0) is 0 Å². The first-order valence-corrected chi connectivity index (χ1v) is 7.78. The fraction of sp³-hybridized carbons (Fsp3) is 0.625. The summed E-state index contributed by atoms with van der Waals surface area (Å²) in [6, 6.07) is 4.98. The second-order valence-electron chi connectivity index (χ2n) is 5.61. The van der Waals surface area contributed by atoms with Crippen molar-refractivity contribution in [1.82, 2.24) is 0 Å². The van der Waals surface area contributed by atoms with Crippen LogP contribution >= 0.6 is 11.6 Å². The van der Waals surface area contributed by atoms with Gasteiger partial charge in [-0.3, -0.25) is 0 Å². The van der Waals surface area contributed by atoms with Crippen molar-refractivity contribution >= 4 is 11.6 Å². The van der Waals surface area contributed by atoms with Crippen LogP contribution in [-0.4, -0.2) is 19.2 Å². The molecule has 19 heavy (non-hydrogen) atoms. The summed E-state index contributed by atoms with van der Waals surface area (Å²) in [5.74, 6) is 0.863. The Hall–Kier alpha value is -0.730. The SMILES string of the molecule is Cc1ccc(C)c(OCCC[NH2+]C2CCCC2)c1Cl. The Balaban J connectivity index is 1.72. The molecule has 1 aliphatic rings. The Labute approximate surface area is 121 Å². The molecule has 1 aliphatic carbocycles. The highest BCUT2D eigenvalue weighted by molar-refractivity contribution is 6.32. The molecule has 0 saturated heterocycles. The minimum atomic E-state index is 0.757. The molecule has 0 atom stereocenters. The summed E-state index contributed by atoms with van der Waals surface area (Å²) < 4.78 is 5.86. The van der Waals surface area contributed by atoms with Crippen LogP contribution in [0.3, 0.4) is 0 Å². The molecule has 1 aromatic rings. The van der Waals surface area contributed by atoms with Gasteiger partial charge in [0, 0.05) is 6.42 Å². The van der Waals surface area contributed by atoms with Crippen molar-refractivity contribution < 1.29 is 10.1 Å². The minimum Gasteiger partial charge on any atom is -0.492 e. The first-order chi connectivity index (χ1) is 9.18. The lowest BCUT2D eigenvalue weighted by Gasteiger charge is -2.13. The van der Waals surface area contributed by atoms with Crippen LogP contribution in [0, 0.1) is 13.8 Å². The van der Waals surface area contributed by atoms with E-state index in [2.05, 4.69) is 11.4 Å². The van der Waals surface area contributed by atoms with Gasteiger partial charge < -0.3 is 10.1 Å². The zero-order valence-electron chi connectivity index (χ0n) is 12.0. The topological polar surface area (TPSA) is 25.8 Å². The van der Waals surface area contributed by atoms with Crippen molar-refractivity contribution in [3.63, 3.8) is 0 Å². The van der Waals surface area contributed by atoms with Crippen LogP contribution in [0.4, 0.5) is 0 Å². The quantitative estimate of drug-likeness (QED) is 0.797. The van der Waals surface area contributed by atoms with Crippen LogP contribution in [0.5, 0.6) is 5.75 Å². The second-order valence-corrected chi connectivity index (χ2v) is 5.99. The summed E-state index contributed by atoms with van der Waals surface area (Å²) in [5, 5.41) is 3.25. The van der Waals surface area contributed by atoms with Crippen LogP contribution < -0.4 is 10.1 Å². The molecule has 3 heteroatoms. The monoisotopic (exact) mass is 282 g/mol. The van der Waals surface area contributed by atoms with E-state index in [0.29, 0.717) is 0 Å². The Morgan fingerprint density at radius 3 is 2.63 bits per heavy atom. The Morgan fingerprint density at radius 1 is 1.21 bits per heavy atom. The summed E-state index contributed by atoms with van der Waals surface area (Å²) in [7, 11) is 0. The van der Waals surface area contributed by atoms with Crippen LogP contribution in [0.1, 0.15) is 43.2 Å². The summed E-state index contributed by atoms with van der Waals surface area (Å²) in [6.45, 7) is 5.98. The number of hydrogen-bond donors (Lipinski definition) is 1. The van der Waals surface area contributed by atoms with E-state index in [1.807, 2.05) is 19.9 Å². The molecule has 0 radical (unpaired) electrons. The summed E-state index contributed by atoms with van der Waals surface area (Å²) in [5.41, 5.74) is 2.20. The van der Waals surface area contributed by atoms with Gasteiger partial charge in [-0.25, -0.2) is 0 Å². The maximum atomic E-state index is 6.28. The molecule has 0 aromatic heterocycles. The zero-order chi connectivity index (χ0) is 13.7. The molecule has 2 N–H and O–H groups in total. The number of halogens is 1. The van der Waals surface area contributed by atoms with Gasteiger partial charge in [0.1, 0.15) is 5.75 Å². The van der Waals surface area contributed by atoms with E-state index < -0.39 is 0 Å². The summed E-state index contributed by atoms with van der Waals surface area (Å²) >= 11 is 6.28. The number of benzene rings is 1. The lowest BCUT2D eigenvalue weighted by atomic mass is 10.1. The molecule has 0 unspecified atom stereocenters. The van der Waals surface area contributed by atoms with Gasteiger partial charge in [0.2, 0.25) is 0 Å². The predicted octanol–water partition coefficient (Wildman–Crippen LogP) is 3.23. The van der Waals surface area contributed by atoms with Gasteiger partial charge in [-0.2, -0.15) is 0 Å². The van der Waals surface area contributed by atoms with E-state index in [0.717, 1.165) is 47.5 Å². The smallest absolute Gasteiger partial charge is 0.141 e. The number of rotatable bonds is 6. The number of quaternary nitrogens is 1. The second kappa shape index (κ2) is 7.16. The fourth-order valence-corrected chi connectivity index (χ4v) is 3.00. The van der Waals surface area contributed by atoms with Crippen molar-refractivity contribution in [3.05, 3.63) is 28.3 Å². The van der Waals surface area contributed by atoms with Gasteiger partial charge in [0.15, 0.2) is 0 Å². The van der Waals surface area contributed by atoms with Gasteiger partial charge in [0.05, 0.1) is 24.2 Å². The van der Waals surface area contributed by atoms with E-state index in [4.69, 9.17) is 16.3 Å². The highest BCUT2D eigenvalue weighted by Crippen LogP contribution is 2.31. The van der Waals surface area contributed by atoms with Crippen molar-refractivity contribution in [1.29, 1.82) is 0 Å². The van der Waals surface area contributed by atoms with Gasteiger partial charge in [0.25, 0.3) is 0 Å². The number of ether oxygens (including phenoxy) is 1. The fourth-order valence-electron chi connectivity index (χ4n) is 2.73. The summed E-state index contributed by atoms with van der Waals surface area (Å²) in [4.78, 5) is 0. The van der Waals surface area contributed by atoms with E-state index in [-0.39, 0.29) is 0 Å². The molecule has 0 amide bonds. The van der Waals surface area contributed by atoms with Crippen molar-refractivity contribution in [3.8, 4) is 5.75 Å². The molecule has 1 saturated carbocycles. The maximum absolute atomic E-state index is 6.28. The average molecular weight is 283 g/mol. The molecule has 106 valence electrons. The summed E-state index contributed by atoms with van der Waals surface area (Å²) in [6.07, 6.45) is 6.69. The Morgan fingerprint density at radius 2 is 1.89 bits per heavy atom. The number of aryl methyl sites for hydroxylation is 2. The Bertz CT molecular complexity index is 413. The zero-order valence-corrected chi connectivity index (χ0v) is 12.8. The van der Waals surface area contributed by atoms with Crippen LogP contribution in [0.25, 0.3) is 0 Å². The molecule has 2 rings (SSSR count). The van der Waals surface area contributed by atoms with Crippen LogP contribution in [0.2, 0.25) is 5.02 Å². The van der Waals surface area contributed by atoms with Crippen LogP contribution in [0.15, 0.2) is 12.1 Å². The molecule has 1 aromatic carbocycles. The molecule has 0 heterocycles. The third-order valence-electron chi connectivity index (χ3n) is 3.98. The van der Waals surface area contributed by atoms with Crippen molar-refractivity contribution in [2.75, 3.05) is 13.2 Å². The highest BCUT2D eigenvalue weighted by Gasteiger charge is 2.16. The van der Waals surface area contributed by atoms with E-state index in [9.17, 15) is 0 Å². The highest BCUT2D eigenvalue weighted by atomic mass is 35.5. The molecule has 0 bridgehead atoms. The molecule has 1 fully saturated rings. The van der Waals surface area contributed by atoms with Gasteiger partial charge in [-0.15, -0.1) is 0 Å². The third kappa shape index (κ3) is 4.12. The average Bonchev–Trinajstić information content (AvgIpc) is 2.90. The van der Waals surface area contributed by atoms with Gasteiger partial charge >= 0.3 is 0 Å². The lowest BCUT2D eigenvalue weighted by molar-refractivity contribution is -0.688. The molecular formula is C16H25ClNO+. The van der Waals surface area contributed by atoms with E-state index in [1.54, 1.807) is 0 Å². The Kier molecular flexibility index (Phi) is 5.53. The molecule has 0 aliphatic heterocycles. The van der Waals surface area contributed by atoms with Gasteiger partial charge in [-0.1, -0.05) is 23.7 Å². The maximum Gasteiger partial charge on any atom is 0.141 e. The number of hydrogen-bond acceptors (Lipinski definition) is 1. The van der Waals surface area contributed by atoms with Crippen molar-refractivity contribution in [2.24, 2.45) is 0 Å². The first kappa shape index (κ1) is 14.7. The normalized spacial score (nSPS) is 15.9. The van der Waals surface area contributed by atoms with Gasteiger partial charge in [-0.05, 0) is 50.7 Å².